The number of nitrogens with two attached hydrogens (primary N) is 1. The molecular formula is C18H24N2O. The molecule has 3 heteroatoms. The predicted octanol–water partition coefficient (Wildman–Crippen LogP) is 3.51. The Hall–Kier alpha value is -1.84. The Bertz CT molecular complexity index is 578. The molecule has 1 unspecified atom stereocenters. The molecule has 0 aliphatic carbocycles. The zero-order chi connectivity index (χ0) is 15.2. The fraction of sp³-hybridized carbons (Fsp3) is 0.333. The molecule has 21 heavy (non-hydrogen) atoms. The highest BCUT2D eigenvalue weighted by Crippen LogP contribution is 2.30. The SMILES string of the molecule is CCCc1ccc(C(NN)c2cc(C)ccc2OC)cc1. The normalized spacial score (nSPS) is 12.2. The fourth-order valence-electron chi connectivity index (χ4n) is 2.61. The molecule has 2 aromatic rings. The van der Waals surface area contributed by atoms with Gasteiger partial charge in [-0.1, -0.05) is 55.3 Å². The molecule has 0 spiro atoms. The van der Waals surface area contributed by atoms with Crippen LogP contribution >= 0.6 is 0 Å². The second-order valence-corrected chi connectivity index (χ2v) is 5.34. The van der Waals surface area contributed by atoms with Crippen LogP contribution in [0.4, 0.5) is 0 Å². The molecule has 1 atom stereocenters. The number of aryl methyl sites for hydroxylation is 2. The van der Waals surface area contributed by atoms with Crippen molar-refractivity contribution in [3.63, 3.8) is 0 Å². The molecule has 0 fully saturated rings. The first-order valence-corrected chi connectivity index (χ1v) is 7.39. The third-order valence-corrected chi connectivity index (χ3v) is 3.71. The average Bonchev–Trinajstić information content (AvgIpc) is 2.50. The van der Waals surface area contributed by atoms with Crippen molar-refractivity contribution in [1.82, 2.24) is 5.43 Å². The van der Waals surface area contributed by atoms with Crippen LogP contribution in [0.2, 0.25) is 0 Å². The lowest BCUT2D eigenvalue weighted by molar-refractivity contribution is 0.404. The Labute approximate surface area is 127 Å². The van der Waals surface area contributed by atoms with Crippen LogP contribution in [0.1, 0.15) is 41.6 Å². The molecule has 0 saturated carbocycles. The highest BCUT2D eigenvalue weighted by Gasteiger charge is 2.17. The van der Waals surface area contributed by atoms with Gasteiger partial charge in [0.1, 0.15) is 5.75 Å². The van der Waals surface area contributed by atoms with E-state index in [0.717, 1.165) is 29.7 Å². The molecule has 0 bridgehead atoms. The lowest BCUT2D eigenvalue weighted by Crippen LogP contribution is -2.29. The topological polar surface area (TPSA) is 47.3 Å². The van der Waals surface area contributed by atoms with Gasteiger partial charge in [-0.15, -0.1) is 0 Å². The van der Waals surface area contributed by atoms with Gasteiger partial charge in [-0.25, -0.2) is 5.43 Å². The van der Waals surface area contributed by atoms with Crippen molar-refractivity contribution in [2.45, 2.75) is 32.7 Å². The smallest absolute Gasteiger partial charge is 0.124 e. The van der Waals surface area contributed by atoms with Gasteiger partial charge in [0.15, 0.2) is 0 Å². The highest BCUT2D eigenvalue weighted by molar-refractivity contribution is 5.44. The number of benzene rings is 2. The Morgan fingerprint density at radius 2 is 1.86 bits per heavy atom. The summed E-state index contributed by atoms with van der Waals surface area (Å²) in [5.41, 5.74) is 7.65. The van der Waals surface area contributed by atoms with Crippen LogP contribution in [0.15, 0.2) is 42.5 Å². The predicted molar refractivity (Wildman–Crippen MR) is 87.3 cm³/mol. The van der Waals surface area contributed by atoms with Crippen molar-refractivity contribution in [1.29, 1.82) is 0 Å². The first-order valence-electron chi connectivity index (χ1n) is 7.39. The van der Waals surface area contributed by atoms with Gasteiger partial charge in [-0.2, -0.15) is 0 Å². The van der Waals surface area contributed by atoms with Crippen LogP contribution in [-0.4, -0.2) is 7.11 Å². The first-order chi connectivity index (χ1) is 10.2. The summed E-state index contributed by atoms with van der Waals surface area (Å²) in [6.45, 7) is 4.26. The van der Waals surface area contributed by atoms with Gasteiger partial charge in [0.25, 0.3) is 0 Å². The lowest BCUT2D eigenvalue weighted by atomic mass is 9.95. The van der Waals surface area contributed by atoms with Crippen LogP contribution in [0.5, 0.6) is 5.75 Å². The number of hydrogen-bond donors (Lipinski definition) is 2. The van der Waals surface area contributed by atoms with Gasteiger partial charge in [0, 0.05) is 5.56 Å². The molecule has 0 saturated heterocycles. The van der Waals surface area contributed by atoms with Crippen molar-refractivity contribution in [3.05, 3.63) is 64.7 Å². The van der Waals surface area contributed by atoms with Gasteiger partial charge < -0.3 is 4.74 Å². The summed E-state index contributed by atoms with van der Waals surface area (Å²) in [6.07, 6.45) is 2.26. The number of hydrazine groups is 1. The van der Waals surface area contributed by atoms with E-state index in [9.17, 15) is 0 Å². The molecule has 0 radical (unpaired) electrons. The highest BCUT2D eigenvalue weighted by atomic mass is 16.5. The van der Waals surface area contributed by atoms with Crippen LogP contribution < -0.4 is 16.0 Å². The van der Waals surface area contributed by atoms with Crippen molar-refractivity contribution in [3.8, 4) is 5.75 Å². The zero-order valence-electron chi connectivity index (χ0n) is 13.0. The van der Waals surface area contributed by atoms with Crippen LogP contribution in [-0.2, 0) is 6.42 Å². The van der Waals surface area contributed by atoms with E-state index in [4.69, 9.17) is 10.6 Å². The number of ether oxygens (including phenoxy) is 1. The van der Waals surface area contributed by atoms with Crippen molar-refractivity contribution < 1.29 is 4.74 Å². The van der Waals surface area contributed by atoms with E-state index in [2.05, 4.69) is 49.6 Å². The summed E-state index contributed by atoms with van der Waals surface area (Å²) in [5.74, 6) is 6.65. The number of hydrogen-bond acceptors (Lipinski definition) is 3. The Kier molecular flexibility index (Phi) is 5.37. The second-order valence-electron chi connectivity index (χ2n) is 5.34. The number of nitrogens with one attached hydrogen (secondary N) is 1. The van der Waals surface area contributed by atoms with Gasteiger partial charge in [0.2, 0.25) is 0 Å². The third kappa shape index (κ3) is 3.63. The minimum atomic E-state index is -0.0736. The van der Waals surface area contributed by atoms with Gasteiger partial charge in [-0.05, 0) is 30.5 Å². The van der Waals surface area contributed by atoms with Crippen LogP contribution in [0.25, 0.3) is 0 Å². The van der Waals surface area contributed by atoms with Crippen molar-refractivity contribution >= 4 is 0 Å². The third-order valence-electron chi connectivity index (χ3n) is 3.71. The van der Waals surface area contributed by atoms with Gasteiger partial charge in [-0.3, -0.25) is 5.84 Å². The van der Waals surface area contributed by atoms with E-state index < -0.39 is 0 Å². The molecular weight excluding hydrogens is 260 g/mol. The first kappa shape index (κ1) is 15.5. The van der Waals surface area contributed by atoms with Crippen LogP contribution in [0, 0.1) is 6.92 Å². The second kappa shape index (κ2) is 7.25. The molecule has 0 aliphatic heterocycles. The maximum absolute atomic E-state index is 5.80. The molecule has 0 amide bonds. The largest absolute Gasteiger partial charge is 0.496 e. The van der Waals surface area contributed by atoms with Gasteiger partial charge >= 0.3 is 0 Å². The molecule has 3 N–H and O–H groups in total. The van der Waals surface area contributed by atoms with E-state index in [-0.39, 0.29) is 6.04 Å². The average molecular weight is 284 g/mol. The van der Waals surface area contributed by atoms with Crippen LogP contribution in [0.3, 0.4) is 0 Å². The summed E-state index contributed by atoms with van der Waals surface area (Å²) in [7, 11) is 1.69. The monoisotopic (exact) mass is 284 g/mol. The van der Waals surface area contributed by atoms with E-state index in [0.29, 0.717) is 0 Å². The molecule has 2 aromatic carbocycles. The lowest BCUT2D eigenvalue weighted by Gasteiger charge is -2.20. The Morgan fingerprint density at radius 1 is 1.14 bits per heavy atom. The standard InChI is InChI=1S/C18H24N2O/c1-4-5-14-7-9-15(10-8-14)18(20-19)16-12-13(2)6-11-17(16)21-3/h6-12,18,20H,4-5,19H2,1-3H3. The Balaban J connectivity index is 2.37. The minimum absolute atomic E-state index is 0.0736. The van der Waals surface area contributed by atoms with E-state index in [1.807, 2.05) is 12.1 Å². The van der Waals surface area contributed by atoms with Gasteiger partial charge in [0.05, 0.1) is 13.2 Å². The van der Waals surface area contributed by atoms with E-state index >= 15 is 0 Å². The summed E-state index contributed by atoms with van der Waals surface area (Å²) >= 11 is 0. The Morgan fingerprint density at radius 3 is 2.43 bits per heavy atom. The maximum Gasteiger partial charge on any atom is 0.124 e. The zero-order valence-corrected chi connectivity index (χ0v) is 13.0. The molecule has 3 nitrogen and oxygen atoms in total. The maximum atomic E-state index is 5.80. The molecule has 0 aliphatic rings. The minimum Gasteiger partial charge on any atom is -0.496 e. The van der Waals surface area contributed by atoms with E-state index in [1.54, 1.807) is 7.11 Å². The molecule has 0 heterocycles. The summed E-state index contributed by atoms with van der Waals surface area (Å²) < 4.78 is 5.47. The van der Waals surface area contributed by atoms with Crippen molar-refractivity contribution in [2.24, 2.45) is 5.84 Å². The van der Waals surface area contributed by atoms with E-state index in [1.165, 1.54) is 11.1 Å². The molecule has 0 aromatic heterocycles. The van der Waals surface area contributed by atoms with Crippen molar-refractivity contribution in [2.75, 3.05) is 7.11 Å². The molecule has 112 valence electrons. The quantitative estimate of drug-likeness (QED) is 0.630. The summed E-state index contributed by atoms with van der Waals surface area (Å²) in [6, 6.07) is 14.7. The fourth-order valence-corrected chi connectivity index (χ4v) is 2.61. The molecule has 2 rings (SSSR count). The number of methoxy groups -OCH3 is 1. The summed E-state index contributed by atoms with van der Waals surface area (Å²) in [5, 5.41) is 0. The number of rotatable bonds is 6. The summed E-state index contributed by atoms with van der Waals surface area (Å²) in [4.78, 5) is 0.